The molecule has 4 aromatic carbocycles. The van der Waals surface area contributed by atoms with Crippen LogP contribution in [0.4, 0.5) is 0 Å². The minimum Gasteiger partial charge on any atom is -1.00 e. The molecule has 4 bridgehead atoms. The number of benzene rings is 4. The van der Waals surface area contributed by atoms with Crippen LogP contribution >= 0.6 is 0 Å². The van der Waals surface area contributed by atoms with Gasteiger partial charge in [-0.3, -0.25) is 14.9 Å². The lowest BCUT2D eigenvalue weighted by Crippen LogP contribution is -3.00. The van der Waals surface area contributed by atoms with Crippen molar-refractivity contribution >= 4 is 32.6 Å². The van der Waals surface area contributed by atoms with Crippen molar-refractivity contribution in [2.24, 2.45) is 23.7 Å². The normalized spacial score (nSPS) is 26.3. The number of quaternary nitrogens is 1. The molecule has 6 saturated heterocycles. The monoisotopic (exact) mass is 944 g/mol. The molecule has 6 fully saturated rings. The summed E-state index contributed by atoms with van der Waals surface area (Å²) in [5.41, 5.74) is 5.23. The van der Waals surface area contributed by atoms with Crippen molar-refractivity contribution in [1.82, 2.24) is 25.1 Å². The maximum absolute atomic E-state index is 7.55. The second-order valence-corrected chi connectivity index (χ2v) is 18.8. The molecule has 66 heavy (non-hydrogen) atoms. The summed E-state index contributed by atoms with van der Waals surface area (Å²) in [6.07, 6.45) is 11.7. The number of ether oxygens (including phenoxy) is 4. The summed E-state index contributed by atoms with van der Waals surface area (Å²) in [4.78, 5) is 12.2. The smallest absolute Gasteiger partial charge is 0.242 e. The van der Waals surface area contributed by atoms with Crippen molar-refractivity contribution in [2.45, 2.75) is 56.5 Å². The fraction of sp³-hybridized carbons (Fsp3) is 0.345. The third kappa shape index (κ3) is 7.88. The number of nitrogens with zero attached hydrogens (tertiary/aromatic N) is 6. The minimum absolute atomic E-state index is 0. The largest absolute Gasteiger partial charge is 1.00 e. The molecule has 3 aromatic heterocycles. The van der Waals surface area contributed by atoms with Gasteiger partial charge in [0.15, 0.2) is 6.10 Å². The van der Waals surface area contributed by atoms with Gasteiger partial charge < -0.3 is 40.4 Å². The Balaban J connectivity index is 0.00000511. The van der Waals surface area contributed by atoms with Crippen LogP contribution in [0.25, 0.3) is 32.6 Å². The first-order valence-corrected chi connectivity index (χ1v) is 23.3. The standard InChI is InChI=1S/C55H57N6O4.BrH/c1-5-36-32-60-26-22-38(36)28-50(60)52(42-20-24-56-48-18-16-40(62-3)30-46(42)48)64-54-44-14-10-11-15-45(44)55(59-58-54)65-53(43-21-25-57-49-19-17-41(63-4)31-47(43)49)51-29-39-23-27-61(51,34-37(39)6-2)33-35-12-8-7-9-13-35;/h5-21,24-25,30-31,36-39,50-53H,1-2,22-23,26-29,32-34H2,3-4H3;1H/q+1;/p-1/t36-,37-,38-,39-,50+,51+,52+,53+,61?;/m0./s1. The predicted octanol–water partition coefficient (Wildman–Crippen LogP) is 7.50. The summed E-state index contributed by atoms with van der Waals surface area (Å²) < 4.78 is 27.3. The molecule has 0 N–H and O–H groups in total. The van der Waals surface area contributed by atoms with Gasteiger partial charge in [-0.1, -0.05) is 54.6 Å². The quantitative estimate of drug-likeness (QED) is 0.0813. The molecule has 2 unspecified atom stereocenters. The molecule has 7 aromatic rings. The zero-order valence-corrected chi connectivity index (χ0v) is 39.3. The van der Waals surface area contributed by atoms with Crippen molar-refractivity contribution in [3.8, 4) is 23.3 Å². The predicted molar refractivity (Wildman–Crippen MR) is 255 cm³/mol. The molecule has 0 radical (unpaired) electrons. The van der Waals surface area contributed by atoms with E-state index in [2.05, 4.69) is 96.9 Å². The SMILES string of the molecule is C=C[C@H]1CN2CC[C@H]1C[C@@H]2[C@H](Oc1nnc(O[C@H](c2ccnc3ccc(OC)cc23)[C@H]2C[C@@H]3CC[N+]2(Cc2ccccc2)C[C@@H]3C=C)c2ccccc12)c1ccnc2ccc(OC)cc12.[Br-]. The molecule has 13 rings (SSSR count). The molecule has 6 aliphatic rings. The molecular weight excluding hydrogens is 889 g/mol. The van der Waals surface area contributed by atoms with Crippen LogP contribution in [0.15, 0.2) is 141 Å². The van der Waals surface area contributed by atoms with Gasteiger partial charge in [-0.15, -0.1) is 23.4 Å². The second kappa shape index (κ2) is 18.4. The molecule has 10 atom stereocenters. The third-order valence-corrected chi connectivity index (χ3v) is 15.5. The first-order chi connectivity index (χ1) is 31.9. The van der Waals surface area contributed by atoms with E-state index in [1.165, 1.54) is 5.56 Å². The number of aromatic nitrogens is 4. The van der Waals surface area contributed by atoms with Crippen molar-refractivity contribution in [3.05, 3.63) is 158 Å². The lowest BCUT2D eigenvalue weighted by atomic mass is 9.71. The van der Waals surface area contributed by atoms with Gasteiger partial charge in [-0.05, 0) is 97.8 Å². The highest BCUT2D eigenvalue weighted by molar-refractivity contribution is 5.91. The zero-order chi connectivity index (χ0) is 44.1. The van der Waals surface area contributed by atoms with E-state index in [0.717, 1.165) is 118 Å². The molecule has 0 spiro atoms. The van der Waals surface area contributed by atoms with E-state index in [4.69, 9.17) is 39.1 Å². The summed E-state index contributed by atoms with van der Waals surface area (Å²) >= 11 is 0. The fourth-order valence-corrected chi connectivity index (χ4v) is 12.2. The number of pyridine rings is 2. The van der Waals surface area contributed by atoms with Crippen molar-refractivity contribution < 1.29 is 40.4 Å². The van der Waals surface area contributed by atoms with E-state index in [9.17, 15) is 0 Å². The molecule has 10 nitrogen and oxygen atoms in total. The lowest BCUT2D eigenvalue weighted by Gasteiger charge is -2.58. The zero-order valence-electron chi connectivity index (χ0n) is 37.7. The highest BCUT2D eigenvalue weighted by Gasteiger charge is 2.55. The van der Waals surface area contributed by atoms with Crippen molar-refractivity contribution in [2.75, 3.05) is 40.4 Å². The second-order valence-electron chi connectivity index (χ2n) is 18.8. The molecule has 0 aliphatic carbocycles. The van der Waals surface area contributed by atoms with E-state index >= 15 is 0 Å². The van der Waals surface area contributed by atoms with Gasteiger partial charge in [0.25, 0.3) is 0 Å². The molecule has 11 heteroatoms. The van der Waals surface area contributed by atoms with Crippen molar-refractivity contribution in [1.29, 1.82) is 0 Å². The van der Waals surface area contributed by atoms with Crippen LogP contribution in [0.3, 0.4) is 0 Å². The van der Waals surface area contributed by atoms with Gasteiger partial charge in [0.1, 0.15) is 30.2 Å². The van der Waals surface area contributed by atoms with Crippen LogP contribution in [-0.2, 0) is 6.54 Å². The van der Waals surface area contributed by atoms with E-state index in [-0.39, 0.29) is 41.3 Å². The van der Waals surface area contributed by atoms with Crippen LogP contribution in [-0.4, -0.2) is 82.0 Å². The van der Waals surface area contributed by atoms with E-state index < -0.39 is 0 Å². The number of methoxy groups -OCH3 is 2. The Bertz CT molecular complexity index is 2900. The minimum atomic E-state index is -0.385. The molecule has 338 valence electrons. The van der Waals surface area contributed by atoms with Gasteiger partial charge in [0.2, 0.25) is 11.8 Å². The van der Waals surface area contributed by atoms with E-state index in [0.29, 0.717) is 35.4 Å². The summed E-state index contributed by atoms with van der Waals surface area (Å²) in [7, 11) is 3.42. The Kier molecular flexibility index (Phi) is 12.3. The lowest BCUT2D eigenvalue weighted by molar-refractivity contribution is -0.984. The van der Waals surface area contributed by atoms with Gasteiger partial charge in [0.05, 0.1) is 55.2 Å². The Morgan fingerprint density at radius 3 is 1.86 bits per heavy atom. The van der Waals surface area contributed by atoms with Crippen LogP contribution < -0.4 is 35.9 Å². The molecular formula is C55H57BrN6O4. The molecule has 0 saturated carbocycles. The number of halogens is 1. The van der Waals surface area contributed by atoms with Gasteiger partial charge in [-0.2, -0.15) is 0 Å². The number of rotatable bonds is 14. The molecule has 9 heterocycles. The van der Waals surface area contributed by atoms with Gasteiger partial charge in [-0.25, -0.2) is 0 Å². The maximum Gasteiger partial charge on any atom is 0.242 e. The van der Waals surface area contributed by atoms with Gasteiger partial charge >= 0.3 is 0 Å². The fourth-order valence-electron chi connectivity index (χ4n) is 12.2. The van der Waals surface area contributed by atoms with Crippen LogP contribution in [0.5, 0.6) is 23.3 Å². The van der Waals surface area contributed by atoms with E-state index in [1.54, 1.807) is 14.2 Å². The first kappa shape index (κ1) is 44.0. The number of hydrogen-bond donors (Lipinski definition) is 0. The molecule has 6 aliphatic heterocycles. The summed E-state index contributed by atoms with van der Waals surface area (Å²) in [5, 5.41) is 13.7. The summed E-state index contributed by atoms with van der Waals surface area (Å²) in [5.74, 6) is 4.46. The summed E-state index contributed by atoms with van der Waals surface area (Å²) in [6.45, 7) is 13.5. The molecule has 0 amide bonds. The van der Waals surface area contributed by atoms with Crippen molar-refractivity contribution in [3.63, 3.8) is 0 Å². The number of fused-ring (bicyclic) bond motifs is 9. The van der Waals surface area contributed by atoms with Gasteiger partial charge in [0, 0.05) is 65.2 Å². The van der Waals surface area contributed by atoms with E-state index in [1.807, 2.05) is 48.8 Å². The highest BCUT2D eigenvalue weighted by atomic mass is 79.9. The Hall–Kier alpha value is -5.88. The first-order valence-electron chi connectivity index (χ1n) is 23.3. The highest BCUT2D eigenvalue weighted by Crippen LogP contribution is 2.50. The maximum atomic E-state index is 7.55. The summed E-state index contributed by atoms with van der Waals surface area (Å²) in [6, 6.07) is 35.8. The number of piperidine rings is 6. The van der Waals surface area contributed by atoms with Crippen LogP contribution in [0.2, 0.25) is 0 Å². The Morgan fingerprint density at radius 2 is 1.27 bits per heavy atom. The Morgan fingerprint density at radius 1 is 0.682 bits per heavy atom. The number of hydrogen-bond acceptors (Lipinski definition) is 9. The Labute approximate surface area is 397 Å². The third-order valence-electron chi connectivity index (χ3n) is 15.5. The average Bonchev–Trinajstić information content (AvgIpc) is 3.37. The topological polar surface area (TPSA) is 91.7 Å². The average molecular weight is 946 g/mol. The van der Waals surface area contributed by atoms with Crippen LogP contribution in [0.1, 0.15) is 54.6 Å². The van der Waals surface area contributed by atoms with Crippen LogP contribution in [0, 0.1) is 23.7 Å².